The second-order valence-electron chi connectivity index (χ2n) is 6.08. The third-order valence-electron chi connectivity index (χ3n) is 4.99. The maximum Gasteiger partial charge on any atom is 0.336 e. The van der Waals surface area contributed by atoms with E-state index in [0.29, 0.717) is 13.2 Å². The first-order valence-electron chi connectivity index (χ1n) is 7.18. The predicted molar refractivity (Wildman–Crippen MR) is 67.1 cm³/mol. The fourth-order valence-corrected chi connectivity index (χ4v) is 4.07. The second-order valence-corrected chi connectivity index (χ2v) is 6.08. The zero-order valence-electron chi connectivity index (χ0n) is 11.1. The summed E-state index contributed by atoms with van der Waals surface area (Å²) >= 11 is 0. The van der Waals surface area contributed by atoms with Gasteiger partial charge in [0.05, 0.1) is 13.7 Å². The second kappa shape index (κ2) is 5.17. The standard InChI is InChI=1S/C14H23NO3/c1-17-14(16)13-9-15(4-5-18-13)8-12-7-10-2-3-11(12)6-10/h10-13H,2-9H2,1H3. The van der Waals surface area contributed by atoms with Gasteiger partial charge in [0.25, 0.3) is 0 Å². The van der Waals surface area contributed by atoms with Crippen molar-refractivity contribution in [2.24, 2.45) is 17.8 Å². The normalized spacial score (nSPS) is 40.1. The number of morpholine rings is 1. The Balaban J connectivity index is 1.52. The van der Waals surface area contributed by atoms with E-state index < -0.39 is 0 Å². The summed E-state index contributed by atoms with van der Waals surface area (Å²) < 4.78 is 10.2. The van der Waals surface area contributed by atoms with Gasteiger partial charge in [-0.2, -0.15) is 0 Å². The molecular weight excluding hydrogens is 230 g/mol. The summed E-state index contributed by atoms with van der Waals surface area (Å²) in [5, 5.41) is 0. The molecule has 1 aliphatic heterocycles. The van der Waals surface area contributed by atoms with Gasteiger partial charge >= 0.3 is 5.97 Å². The fourth-order valence-electron chi connectivity index (χ4n) is 4.07. The van der Waals surface area contributed by atoms with E-state index in [9.17, 15) is 4.79 Å². The molecule has 1 heterocycles. The molecule has 0 N–H and O–H groups in total. The third-order valence-corrected chi connectivity index (χ3v) is 4.99. The molecule has 0 aromatic heterocycles. The van der Waals surface area contributed by atoms with E-state index in [1.807, 2.05) is 0 Å². The van der Waals surface area contributed by atoms with Crippen LogP contribution in [0.25, 0.3) is 0 Å². The maximum absolute atomic E-state index is 11.5. The number of ether oxygens (including phenoxy) is 2. The summed E-state index contributed by atoms with van der Waals surface area (Å²) in [6.07, 6.45) is 5.37. The molecule has 0 spiro atoms. The van der Waals surface area contributed by atoms with Gasteiger partial charge in [0.1, 0.15) is 0 Å². The Hall–Kier alpha value is -0.610. The summed E-state index contributed by atoms with van der Waals surface area (Å²) in [6, 6.07) is 0. The molecule has 0 aromatic carbocycles. The van der Waals surface area contributed by atoms with E-state index in [2.05, 4.69) is 4.90 Å². The fraction of sp³-hybridized carbons (Fsp3) is 0.929. The van der Waals surface area contributed by atoms with Crippen molar-refractivity contribution in [1.82, 2.24) is 4.90 Å². The Morgan fingerprint density at radius 1 is 1.39 bits per heavy atom. The Morgan fingerprint density at radius 3 is 2.94 bits per heavy atom. The lowest BCUT2D eigenvalue weighted by molar-refractivity contribution is -0.160. The minimum atomic E-state index is -0.373. The Labute approximate surface area is 109 Å². The minimum Gasteiger partial charge on any atom is -0.467 e. The smallest absolute Gasteiger partial charge is 0.336 e. The molecule has 18 heavy (non-hydrogen) atoms. The average Bonchev–Trinajstić information content (AvgIpc) is 3.00. The highest BCUT2D eigenvalue weighted by Gasteiger charge is 2.40. The minimum absolute atomic E-state index is 0.229. The molecule has 0 radical (unpaired) electrons. The third kappa shape index (κ3) is 2.41. The van der Waals surface area contributed by atoms with Crippen LogP contribution in [-0.4, -0.2) is 50.3 Å². The number of hydrogen-bond acceptors (Lipinski definition) is 4. The number of rotatable bonds is 3. The Morgan fingerprint density at radius 2 is 2.28 bits per heavy atom. The highest BCUT2D eigenvalue weighted by Crippen LogP contribution is 2.48. The van der Waals surface area contributed by atoms with Crippen LogP contribution in [0.4, 0.5) is 0 Å². The summed E-state index contributed by atoms with van der Waals surface area (Å²) in [4.78, 5) is 13.9. The van der Waals surface area contributed by atoms with Crippen molar-refractivity contribution < 1.29 is 14.3 Å². The number of carbonyl (C=O) groups is 1. The van der Waals surface area contributed by atoms with Crippen molar-refractivity contribution in [2.75, 3.05) is 33.4 Å². The number of carbonyl (C=O) groups excluding carboxylic acids is 1. The van der Waals surface area contributed by atoms with Crippen LogP contribution in [0.1, 0.15) is 25.7 Å². The average molecular weight is 253 g/mol. The van der Waals surface area contributed by atoms with Crippen molar-refractivity contribution >= 4 is 5.97 Å². The van der Waals surface area contributed by atoms with Gasteiger partial charge in [-0.3, -0.25) is 4.90 Å². The van der Waals surface area contributed by atoms with Crippen LogP contribution >= 0.6 is 0 Å². The SMILES string of the molecule is COC(=O)C1CN(CC2CC3CCC2C3)CCO1. The van der Waals surface area contributed by atoms with Crippen LogP contribution in [0.15, 0.2) is 0 Å². The quantitative estimate of drug-likeness (QED) is 0.711. The van der Waals surface area contributed by atoms with Crippen LogP contribution in [0, 0.1) is 17.8 Å². The van der Waals surface area contributed by atoms with Crippen LogP contribution in [0.3, 0.4) is 0 Å². The van der Waals surface area contributed by atoms with Crippen molar-refractivity contribution in [1.29, 1.82) is 0 Å². The van der Waals surface area contributed by atoms with Crippen molar-refractivity contribution in [2.45, 2.75) is 31.8 Å². The van der Waals surface area contributed by atoms with E-state index >= 15 is 0 Å². The molecule has 2 bridgehead atoms. The highest BCUT2D eigenvalue weighted by atomic mass is 16.6. The molecular formula is C14H23NO3. The highest BCUT2D eigenvalue weighted by molar-refractivity contribution is 5.74. The molecule has 3 fully saturated rings. The first-order valence-corrected chi connectivity index (χ1v) is 7.18. The van der Waals surface area contributed by atoms with Gasteiger partial charge in [-0.05, 0) is 37.0 Å². The molecule has 0 aromatic rings. The van der Waals surface area contributed by atoms with Crippen LogP contribution < -0.4 is 0 Å². The van der Waals surface area contributed by atoms with Gasteiger partial charge in [0.15, 0.2) is 6.10 Å². The van der Waals surface area contributed by atoms with E-state index in [1.165, 1.54) is 32.8 Å². The van der Waals surface area contributed by atoms with Gasteiger partial charge in [0, 0.05) is 19.6 Å². The largest absolute Gasteiger partial charge is 0.467 e. The van der Waals surface area contributed by atoms with E-state index in [-0.39, 0.29) is 12.1 Å². The monoisotopic (exact) mass is 253 g/mol. The molecule has 2 aliphatic carbocycles. The van der Waals surface area contributed by atoms with Gasteiger partial charge in [-0.1, -0.05) is 6.42 Å². The summed E-state index contributed by atoms with van der Waals surface area (Å²) in [7, 11) is 1.43. The van der Waals surface area contributed by atoms with E-state index in [0.717, 1.165) is 30.8 Å². The summed E-state index contributed by atoms with van der Waals surface area (Å²) in [5.74, 6) is 2.58. The molecule has 3 rings (SSSR count). The van der Waals surface area contributed by atoms with E-state index in [4.69, 9.17) is 9.47 Å². The molecule has 4 heteroatoms. The number of hydrogen-bond donors (Lipinski definition) is 0. The number of fused-ring (bicyclic) bond motifs is 2. The first-order chi connectivity index (χ1) is 8.76. The zero-order valence-corrected chi connectivity index (χ0v) is 11.1. The predicted octanol–water partition coefficient (Wildman–Crippen LogP) is 1.30. The summed E-state index contributed by atoms with van der Waals surface area (Å²) in [6.45, 7) is 3.47. The molecule has 4 nitrogen and oxygen atoms in total. The van der Waals surface area contributed by atoms with E-state index in [1.54, 1.807) is 0 Å². The zero-order chi connectivity index (χ0) is 12.5. The lowest BCUT2D eigenvalue weighted by Crippen LogP contribution is -2.48. The van der Waals surface area contributed by atoms with Crippen LogP contribution in [0.2, 0.25) is 0 Å². The van der Waals surface area contributed by atoms with Gasteiger partial charge in [-0.25, -0.2) is 4.79 Å². The topological polar surface area (TPSA) is 38.8 Å². The number of nitrogens with zero attached hydrogens (tertiary/aromatic N) is 1. The maximum atomic E-state index is 11.5. The molecule has 4 atom stereocenters. The van der Waals surface area contributed by atoms with Gasteiger partial charge in [0.2, 0.25) is 0 Å². The molecule has 1 saturated heterocycles. The van der Waals surface area contributed by atoms with Crippen LogP contribution in [0.5, 0.6) is 0 Å². The number of esters is 1. The molecule has 2 saturated carbocycles. The van der Waals surface area contributed by atoms with Crippen molar-refractivity contribution in [3.8, 4) is 0 Å². The number of methoxy groups -OCH3 is 1. The van der Waals surface area contributed by atoms with Crippen LogP contribution in [-0.2, 0) is 14.3 Å². The molecule has 4 unspecified atom stereocenters. The Kier molecular flexibility index (Phi) is 3.57. The van der Waals surface area contributed by atoms with Gasteiger partial charge in [-0.15, -0.1) is 0 Å². The lowest BCUT2D eigenvalue weighted by atomic mass is 9.88. The molecule has 102 valence electrons. The lowest BCUT2D eigenvalue weighted by Gasteiger charge is -2.35. The van der Waals surface area contributed by atoms with Crippen molar-refractivity contribution in [3.05, 3.63) is 0 Å². The summed E-state index contributed by atoms with van der Waals surface area (Å²) in [5.41, 5.74) is 0. The van der Waals surface area contributed by atoms with Gasteiger partial charge < -0.3 is 9.47 Å². The molecule has 3 aliphatic rings. The molecule has 0 amide bonds. The Bertz CT molecular complexity index is 320. The van der Waals surface area contributed by atoms with Crippen molar-refractivity contribution in [3.63, 3.8) is 0 Å². The first kappa shape index (κ1) is 12.4.